The molecule has 0 N–H and O–H groups in total. The predicted octanol–water partition coefficient (Wildman–Crippen LogP) is 3.71. The highest BCUT2D eigenvalue weighted by atomic mass is 35.5. The Balaban J connectivity index is 1.76. The molecule has 1 saturated heterocycles. The molecule has 1 aromatic rings. The lowest BCUT2D eigenvalue weighted by atomic mass is 9.81. The van der Waals surface area contributed by atoms with Crippen molar-refractivity contribution in [2.75, 3.05) is 13.1 Å². The van der Waals surface area contributed by atoms with E-state index in [2.05, 4.69) is 0 Å². The van der Waals surface area contributed by atoms with E-state index in [1.807, 2.05) is 25.7 Å². The molecule has 0 radical (unpaired) electrons. The van der Waals surface area contributed by atoms with E-state index in [-0.39, 0.29) is 17.1 Å². The lowest BCUT2D eigenvalue weighted by Crippen LogP contribution is -2.53. The molecule has 2 aliphatic rings. The third-order valence-corrected chi connectivity index (χ3v) is 4.89. The van der Waals surface area contributed by atoms with Crippen LogP contribution in [0.15, 0.2) is 18.2 Å². The standard InChI is InChI=1S/C18H22ClNO3/c1-17(2,3)16(22)20-8-6-18(7-9-20)11-14(21)13-10-12(19)4-5-15(13)23-18/h4-5,10H,6-9,11H2,1-3H3. The van der Waals surface area contributed by atoms with E-state index >= 15 is 0 Å². The zero-order valence-electron chi connectivity index (χ0n) is 13.8. The first kappa shape index (κ1) is 16.3. The van der Waals surface area contributed by atoms with Crippen molar-refractivity contribution in [1.29, 1.82) is 0 Å². The number of piperidine rings is 1. The summed E-state index contributed by atoms with van der Waals surface area (Å²) in [6.07, 6.45) is 1.73. The van der Waals surface area contributed by atoms with Gasteiger partial charge < -0.3 is 9.64 Å². The molecule has 124 valence electrons. The Kier molecular flexibility index (Phi) is 3.91. The van der Waals surface area contributed by atoms with Crippen molar-refractivity contribution in [3.05, 3.63) is 28.8 Å². The Bertz CT molecular complexity index is 655. The largest absolute Gasteiger partial charge is 0.486 e. The van der Waals surface area contributed by atoms with Gasteiger partial charge >= 0.3 is 0 Å². The van der Waals surface area contributed by atoms with Crippen LogP contribution in [0.3, 0.4) is 0 Å². The molecule has 0 unspecified atom stereocenters. The molecular formula is C18H22ClNO3. The van der Waals surface area contributed by atoms with E-state index in [4.69, 9.17) is 16.3 Å². The second-order valence-electron chi connectivity index (χ2n) is 7.57. The second kappa shape index (κ2) is 5.52. The van der Waals surface area contributed by atoms with Gasteiger partial charge in [-0.1, -0.05) is 32.4 Å². The van der Waals surface area contributed by atoms with Gasteiger partial charge in [-0.2, -0.15) is 0 Å². The molecule has 2 heterocycles. The van der Waals surface area contributed by atoms with Gasteiger partial charge in [0.1, 0.15) is 11.4 Å². The minimum absolute atomic E-state index is 0.0735. The number of benzene rings is 1. The number of ketones is 1. The van der Waals surface area contributed by atoms with Gasteiger partial charge in [0.15, 0.2) is 5.78 Å². The number of hydrogen-bond acceptors (Lipinski definition) is 3. The Morgan fingerprint density at radius 1 is 1.26 bits per heavy atom. The Morgan fingerprint density at radius 3 is 2.52 bits per heavy atom. The summed E-state index contributed by atoms with van der Waals surface area (Å²) in [6, 6.07) is 5.18. The number of likely N-dealkylation sites (tertiary alicyclic amines) is 1. The van der Waals surface area contributed by atoms with Gasteiger partial charge in [-0.25, -0.2) is 0 Å². The molecule has 3 rings (SSSR count). The van der Waals surface area contributed by atoms with Crippen molar-refractivity contribution >= 4 is 23.3 Å². The van der Waals surface area contributed by atoms with Crippen molar-refractivity contribution in [3.8, 4) is 5.75 Å². The molecule has 2 aliphatic heterocycles. The summed E-state index contributed by atoms with van der Waals surface area (Å²) in [6.45, 7) is 7.06. The van der Waals surface area contributed by atoms with Gasteiger partial charge in [-0.15, -0.1) is 0 Å². The van der Waals surface area contributed by atoms with Crippen LogP contribution in [0.5, 0.6) is 5.75 Å². The molecule has 1 spiro atoms. The molecule has 0 bridgehead atoms. The summed E-state index contributed by atoms with van der Waals surface area (Å²) >= 11 is 5.96. The van der Waals surface area contributed by atoms with Crippen molar-refractivity contribution in [2.45, 2.75) is 45.6 Å². The molecule has 1 aromatic carbocycles. The SMILES string of the molecule is CC(C)(C)C(=O)N1CCC2(CC1)CC(=O)c1cc(Cl)ccc1O2. The number of carbonyl (C=O) groups excluding carboxylic acids is 2. The van der Waals surface area contributed by atoms with E-state index in [0.717, 1.165) is 0 Å². The third-order valence-electron chi connectivity index (χ3n) is 4.65. The van der Waals surface area contributed by atoms with E-state index in [0.29, 0.717) is 48.7 Å². The van der Waals surface area contributed by atoms with Crippen LogP contribution >= 0.6 is 11.6 Å². The highest BCUT2D eigenvalue weighted by Gasteiger charge is 2.44. The zero-order chi connectivity index (χ0) is 16.8. The summed E-state index contributed by atoms with van der Waals surface area (Å²) in [4.78, 5) is 26.7. The van der Waals surface area contributed by atoms with Crippen LogP contribution in [0.4, 0.5) is 0 Å². The summed E-state index contributed by atoms with van der Waals surface area (Å²) in [5.74, 6) is 0.840. The molecule has 5 heteroatoms. The molecule has 1 amide bonds. The van der Waals surface area contributed by atoms with Crippen molar-refractivity contribution in [2.24, 2.45) is 5.41 Å². The van der Waals surface area contributed by atoms with Gasteiger partial charge in [-0.05, 0) is 18.2 Å². The summed E-state index contributed by atoms with van der Waals surface area (Å²) < 4.78 is 6.18. The number of hydrogen-bond donors (Lipinski definition) is 0. The number of Topliss-reactive ketones (excluding diaryl/α,β-unsaturated/α-hetero) is 1. The Hall–Kier alpha value is -1.55. The maximum absolute atomic E-state index is 12.5. The molecule has 1 fully saturated rings. The molecule has 23 heavy (non-hydrogen) atoms. The fraction of sp³-hybridized carbons (Fsp3) is 0.556. The summed E-state index contributed by atoms with van der Waals surface area (Å²) in [7, 11) is 0. The van der Waals surface area contributed by atoms with Gasteiger partial charge in [0.2, 0.25) is 5.91 Å². The van der Waals surface area contributed by atoms with Crippen LogP contribution < -0.4 is 4.74 Å². The fourth-order valence-electron chi connectivity index (χ4n) is 3.34. The molecule has 0 aliphatic carbocycles. The lowest BCUT2D eigenvalue weighted by Gasteiger charge is -2.45. The van der Waals surface area contributed by atoms with Crippen molar-refractivity contribution in [1.82, 2.24) is 4.90 Å². The van der Waals surface area contributed by atoms with Gasteiger partial charge in [-0.3, -0.25) is 9.59 Å². The minimum atomic E-state index is -0.480. The topological polar surface area (TPSA) is 46.6 Å². The van der Waals surface area contributed by atoms with Crippen LogP contribution in [0.1, 0.15) is 50.4 Å². The number of halogens is 1. The molecule has 0 saturated carbocycles. The van der Waals surface area contributed by atoms with Gasteiger partial charge in [0, 0.05) is 36.4 Å². The Morgan fingerprint density at radius 2 is 1.91 bits per heavy atom. The first-order valence-corrected chi connectivity index (χ1v) is 8.39. The van der Waals surface area contributed by atoms with Gasteiger partial charge in [0.05, 0.1) is 12.0 Å². The maximum Gasteiger partial charge on any atom is 0.227 e. The average Bonchev–Trinajstić information content (AvgIpc) is 2.47. The van der Waals surface area contributed by atoms with Crippen LogP contribution in [-0.2, 0) is 4.79 Å². The van der Waals surface area contributed by atoms with Crippen molar-refractivity contribution in [3.63, 3.8) is 0 Å². The van der Waals surface area contributed by atoms with E-state index in [9.17, 15) is 9.59 Å². The van der Waals surface area contributed by atoms with E-state index in [1.54, 1.807) is 18.2 Å². The summed E-state index contributed by atoms with van der Waals surface area (Å²) in [5, 5.41) is 0.544. The first-order chi connectivity index (χ1) is 10.7. The number of carbonyl (C=O) groups is 2. The molecule has 0 aromatic heterocycles. The molecule has 4 nitrogen and oxygen atoms in total. The Labute approximate surface area is 141 Å². The highest BCUT2D eigenvalue weighted by Crippen LogP contribution is 2.40. The van der Waals surface area contributed by atoms with Crippen molar-refractivity contribution < 1.29 is 14.3 Å². The number of rotatable bonds is 0. The van der Waals surface area contributed by atoms with E-state index < -0.39 is 5.60 Å². The van der Waals surface area contributed by atoms with Crippen LogP contribution in [-0.4, -0.2) is 35.3 Å². The van der Waals surface area contributed by atoms with Crippen LogP contribution in [0.2, 0.25) is 5.02 Å². The lowest BCUT2D eigenvalue weighted by molar-refractivity contribution is -0.143. The maximum atomic E-state index is 12.5. The summed E-state index contributed by atoms with van der Waals surface area (Å²) in [5.41, 5.74) is -0.291. The zero-order valence-corrected chi connectivity index (χ0v) is 14.6. The molecule has 0 atom stereocenters. The quantitative estimate of drug-likeness (QED) is 0.726. The first-order valence-electron chi connectivity index (χ1n) is 8.01. The molecular weight excluding hydrogens is 314 g/mol. The normalized spacial score (nSPS) is 20.2. The predicted molar refractivity (Wildman–Crippen MR) is 89.0 cm³/mol. The van der Waals surface area contributed by atoms with Crippen LogP contribution in [0.25, 0.3) is 0 Å². The minimum Gasteiger partial charge on any atom is -0.486 e. The van der Waals surface area contributed by atoms with Crippen LogP contribution in [0, 0.1) is 5.41 Å². The number of nitrogens with zero attached hydrogens (tertiary/aromatic N) is 1. The average molecular weight is 336 g/mol. The van der Waals surface area contributed by atoms with Gasteiger partial charge in [0.25, 0.3) is 0 Å². The second-order valence-corrected chi connectivity index (χ2v) is 8.00. The third kappa shape index (κ3) is 3.09. The number of fused-ring (bicyclic) bond motifs is 1. The fourth-order valence-corrected chi connectivity index (χ4v) is 3.51. The highest BCUT2D eigenvalue weighted by molar-refractivity contribution is 6.31. The number of ether oxygens (including phenoxy) is 1. The van der Waals surface area contributed by atoms with E-state index in [1.165, 1.54) is 0 Å². The smallest absolute Gasteiger partial charge is 0.227 e. The number of amides is 1. The monoisotopic (exact) mass is 335 g/mol.